The van der Waals surface area contributed by atoms with E-state index in [0.717, 1.165) is 10.9 Å². The summed E-state index contributed by atoms with van der Waals surface area (Å²) in [7, 11) is 0. The minimum absolute atomic E-state index is 0.415. The van der Waals surface area contributed by atoms with Crippen LogP contribution >= 0.6 is 0 Å². The number of para-hydroxylation sites is 4. The molecule has 2 aromatic heterocycles. The molecule has 1 unspecified atom stereocenters. The van der Waals surface area contributed by atoms with Gasteiger partial charge in [0.2, 0.25) is 0 Å². The first kappa shape index (κ1) is 22.2. The molecular weight excluding hydrogens is 508 g/mol. The van der Waals surface area contributed by atoms with Crippen LogP contribution in [0.15, 0.2) is 146 Å². The Morgan fingerprint density at radius 1 is 0.500 bits per heavy atom. The molecule has 0 radical (unpaired) electrons. The van der Waals surface area contributed by atoms with Crippen LogP contribution in [-0.2, 0) is 5.41 Å². The number of benzene rings is 6. The van der Waals surface area contributed by atoms with Gasteiger partial charge in [-0.2, -0.15) is 0 Å². The van der Waals surface area contributed by atoms with Crippen molar-refractivity contribution in [3.05, 3.63) is 168 Å². The summed E-state index contributed by atoms with van der Waals surface area (Å²) in [6, 6.07) is 51.5. The second-order valence-corrected chi connectivity index (χ2v) is 11.5. The summed E-state index contributed by atoms with van der Waals surface area (Å²) in [4.78, 5) is 4.78. The highest BCUT2D eigenvalue weighted by Gasteiger charge is 2.50. The van der Waals surface area contributed by atoms with Crippen LogP contribution in [0.4, 0.5) is 0 Å². The highest BCUT2D eigenvalue weighted by atomic mass is 15.0. The molecular formula is C40H24N2. The fourth-order valence-electron chi connectivity index (χ4n) is 8.07. The van der Waals surface area contributed by atoms with Crippen molar-refractivity contribution in [3.8, 4) is 27.9 Å². The maximum atomic E-state index is 4.78. The van der Waals surface area contributed by atoms with Gasteiger partial charge in [-0.25, -0.2) is 0 Å². The monoisotopic (exact) mass is 532 g/mol. The Bertz CT molecular complexity index is 2420. The zero-order valence-corrected chi connectivity index (χ0v) is 22.8. The number of pyridine rings is 1. The molecule has 1 aliphatic heterocycles. The average molecular weight is 533 g/mol. The maximum absolute atomic E-state index is 4.78. The molecule has 2 heteroatoms. The van der Waals surface area contributed by atoms with Crippen LogP contribution in [0, 0.1) is 0 Å². The summed E-state index contributed by atoms with van der Waals surface area (Å²) in [6.07, 6.45) is 1.89. The Balaban J connectivity index is 1.36. The van der Waals surface area contributed by atoms with E-state index in [4.69, 9.17) is 4.98 Å². The lowest BCUT2D eigenvalue weighted by molar-refractivity contribution is 0.748. The number of rotatable bonds is 1. The first-order valence-corrected chi connectivity index (χ1v) is 14.6. The van der Waals surface area contributed by atoms with Crippen molar-refractivity contribution in [2.45, 2.75) is 5.41 Å². The molecule has 0 fully saturated rings. The summed E-state index contributed by atoms with van der Waals surface area (Å²) < 4.78 is 2.50. The predicted molar refractivity (Wildman–Crippen MR) is 172 cm³/mol. The number of hydrogen-bond donors (Lipinski definition) is 0. The summed E-state index contributed by atoms with van der Waals surface area (Å²) >= 11 is 0. The molecule has 10 rings (SSSR count). The van der Waals surface area contributed by atoms with Gasteiger partial charge in [0.05, 0.1) is 27.7 Å². The highest BCUT2D eigenvalue weighted by molar-refractivity contribution is 6.13. The fraction of sp³-hybridized carbons (Fsp3) is 0.0250. The molecule has 0 saturated heterocycles. The third-order valence-corrected chi connectivity index (χ3v) is 9.64. The van der Waals surface area contributed by atoms with E-state index in [9.17, 15) is 0 Å². The Morgan fingerprint density at radius 3 is 2.19 bits per heavy atom. The summed E-state index contributed by atoms with van der Waals surface area (Å²) in [5.74, 6) is 0. The van der Waals surface area contributed by atoms with Crippen LogP contribution < -0.4 is 0 Å². The number of aromatic nitrogens is 2. The number of fused-ring (bicyclic) bond motifs is 13. The molecule has 1 spiro atoms. The smallest absolute Gasteiger partial charge is 0.0780 e. The largest absolute Gasteiger partial charge is 0.309 e. The molecule has 1 atom stereocenters. The third-order valence-electron chi connectivity index (χ3n) is 9.64. The Kier molecular flexibility index (Phi) is 4.15. The zero-order chi connectivity index (χ0) is 27.4. The van der Waals surface area contributed by atoms with Gasteiger partial charge >= 0.3 is 0 Å². The van der Waals surface area contributed by atoms with Gasteiger partial charge in [0.15, 0.2) is 0 Å². The Labute approximate surface area is 243 Å². The van der Waals surface area contributed by atoms with Crippen molar-refractivity contribution in [3.63, 3.8) is 0 Å². The van der Waals surface area contributed by atoms with Crippen molar-refractivity contribution < 1.29 is 0 Å². The van der Waals surface area contributed by atoms with E-state index in [1.54, 1.807) is 0 Å². The van der Waals surface area contributed by atoms with Gasteiger partial charge in [0, 0.05) is 27.9 Å². The molecule has 194 valence electrons. The highest BCUT2D eigenvalue weighted by Crippen LogP contribution is 2.61. The topological polar surface area (TPSA) is 17.8 Å². The molecule has 8 aromatic rings. The molecule has 3 heterocycles. The summed E-state index contributed by atoms with van der Waals surface area (Å²) in [6.45, 7) is 0. The lowest BCUT2D eigenvalue weighted by Gasteiger charge is -2.39. The molecule has 6 aromatic carbocycles. The first-order valence-electron chi connectivity index (χ1n) is 14.6. The second-order valence-electron chi connectivity index (χ2n) is 11.5. The van der Waals surface area contributed by atoms with Crippen molar-refractivity contribution in [2.24, 2.45) is 0 Å². The van der Waals surface area contributed by atoms with Gasteiger partial charge in [0.25, 0.3) is 0 Å². The van der Waals surface area contributed by atoms with E-state index in [1.807, 2.05) is 12.3 Å². The van der Waals surface area contributed by atoms with Crippen LogP contribution in [0.1, 0.15) is 22.3 Å². The molecule has 42 heavy (non-hydrogen) atoms. The molecule has 0 amide bonds. The van der Waals surface area contributed by atoms with E-state index in [0.29, 0.717) is 0 Å². The van der Waals surface area contributed by atoms with E-state index in [2.05, 4.69) is 138 Å². The van der Waals surface area contributed by atoms with E-state index in [-0.39, 0.29) is 0 Å². The van der Waals surface area contributed by atoms with Crippen molar-refractivity contribution in [1.29, 1.82) is 0 Å². The Morgan fingerprint density at radius 2 is 1.21 bits per heavy atom. The lowest BCUT2D eigenvalue weighted by Crippen LogP contribution is -2.33. The van der Waals surface area contributed by atoms with Crippen molar-refractivity contribution >= 4 is 32.7 Å². The van der Waals surface area contributed by atoms with Crippen molar-refractivity contribution in [1.82, 2.24) is 9.55 Å². The molecule has 0 saturated carbocycles. The maximum Gasteiger partial charge on any atom is 0.0780 e. The SMILES string of the molecule is c1ccc2c(c1)-c1cc(-c3cccc4cccnc34)ccc1C21c2ccccc2-n2c3ccccc3c3cccc1c32. The molecule has 1 aliphatic carbocycles. The van der Waals surface area contributed by atoms with E-state index >= 15 is 0 Å². The van der Waals surface area contributed by atoms with E-state index < -0.39 is 5.41 Å². The van der Waals surface area contributed by atoms with Crippen LogP contribution in [0.3, 0.4) is 0 Å². The summed E-state index contributed by atoms with van der Waals surface area (Å²) in [5.41, 5.74) is 14.8. The number of hydrogen-bond acceptors (Lipinski definition) is 1. The fourth-order valence-corrected chi connectivity index (χ4v) is 8.07. The quantitative estimate of drug-likeness (QED) is 0.206. The van der Waals surface area contributed by atoms with Crippen LogP contribution in [0.2, 0.25) is 0 Å². The predicted octanol–water partition coefficient (Wildman–Crippen LogP) is 9.68. The lowest BCUT2D eigenvalue weighted by atomic mass is 9.65. The molecule has 0 N–H and O–H groups in total. The van der Waals surface area contributed by atoms with Crippen LogP contribution in [-0.4, -0.2) is 9.55 Å². The van der Waals surface area contributed by atoms with Gasteiger partial charge in [-0.3, -0.25) is 4.98 Å². The van der Waals surface area contributed by atoms with Crippen LogP contribution in [0.25, 0.3) is 60.6 Å². The molecule has 2 aliphatic rings. The van der Waals surface area contributed by atoms with Gasteiger partial charge < -0.3 is 4.57 Å². The van der Waals surface area contributed by atoms with E-state index in [1.165, 1.54) is 72.0 Å². The zero-order valence-electron chi connectivity index (χ0n) is 22.8. The minimum Gasteiger partial charge on any atom is -0.309 e. The number of nitrogens with zero attached hydrogens (tertiary/aromatic N) is 2. The van der Waals surface area contributed by atoms with Gasteiger partial charge in [0.1, 0.15) is 0 Å². The summed E-state index contributed by atoms with van der Waals surface area (Å²) in [5, 5.41) is 3.76. The van der Waals surface area contributed by atoms with Gasteiger partial charge in [-0.05, 0) is 63.2 Å². The van der Waals surface area contributed by atoms with Gasteiger partial charge in [-0.1, -0.05) is 115 Å². The van der Waals surface area contributed by atoms with Crippen LogP contribution in [0.5, 0.6) is 0 Å². The van der Waals surface area contributed by atoms with Crippen molar-refractivity contribution in [2.75, 3.05) is 0 Å². The average Bonchev–Trinajstić information content (AvgIpc) is 3.55. The third kappa shape index (κ3) is 2.54. The Hall–Kier alpha value is -5.47. The second kappa shape index (κ2) is 7.84. The van der Waals surface area contributed by atoms with Gasteiger partial charge in [-0.15, -0.1) is 0 Å². The molecule has 0 bridgehead atoms. The standard InChI is InChI=1S/C40H24N2/c1-3-16-32-28(12-1)31-24-26(27-14-7-10-25-11-9-23-41-38(25)27)21-22-33(31)40(32)34-17-4-6-20-37(34)42-36-19-5-2-13-29(36)30-15-8-18-35(40)39(30)42/h1-24H. The first-order chi connectivity index (χ1) is 20.9. The minimum atomic E-state index is -0.415. The normalized spacial score (nSPS) is 16.2. The molecule has 2 nitrogen and oxygen atoms in total.